The monoisotopic (exact) mass is 234 g/mol. The van der Waals surface area contributed by atoms with Crippen LogP contribution in [-0.2, 0) is 0 Å². The van der Waals surface area contributed by atoms with E-state index in [9.17, 15) is 9.90 Å². The van der Waals surface area contributed by atoms with E-state index in [0.717, 1.165) is 5.56 Å². The number of aromatic hydroxyl groups is 1. The van der Waals surface area contributed by atoms with Crippen LogP contribution in [0.15, 0.2) is 29.8 Å². The SMILES string of the molecule is Cc1ccc(O)c(C(=O)Nc2nccs2)c1. The fourth-order valence-corrected chi connectivity index (χ4v) is 1.81. The molecule has 0 saturated heterocycles. The van der Waals surface area contributed by atoms with Crippen LogP contribution in [0.4, 0.5) is 5.13 Å². The minimum atomic E-state index is -0.351. The molecular formula is C11H10N2O2S. The topological polar surface area (TPSA) is 62.2 Å². The molecule has 82 valence electrons. The summed E-state index contributed by atoms with van der Waals surface area (Å²) in [5, 5.41) is 14.5. The van der Waals surface area contributed by atoms with Gasteiger partial charge in [0.1, 0.15) is 5.75 Å². The Morgan fingerprint density at radius 1 is 1.50 bits per heavy atom. The summed E-state index contributed by atoms with van der Waals surface area (Å²) in [5.74, 6) is -0.379. The highest BCUT2D eigenvalue weighted by molar-refractivity contribution is 7.13. The maximum atomic E-state index is 11.8. The van der Waals surface area contributed by atoms with Crippen LogP contribution in [0.25, 0.3) is 0 Å². The highest BCUT2D eigenvalue weighted by Gasteiger charge is 2.12. The molecule has 2 N–H and O–H groups in total. The number of aromatic nitrogens is 1. The number of carbonyl (C=O) groups excluding carboxylic acids is 1. The van der Waals surface area contributed by atoms with Gasteiger partial charge in [0.05, 0.1) is 5.56 Å². The van der Waals surface area contributed by atoms with E-state index >= 15 is 0 Å². The van der Waals surface area contributed by atoms with Gasteiger partial charge in [-0.2, -0.15) is 0 Å². The van der Waals surface area contributed by atoms with Gasteiger partial charge < -0.3 is 5.11 Å². The largest absolute Gasteiger partial charge is 0.507 e. The molecule has 0 spiro atoms. The number of hydrogen-bond donors (Lipinski definition) is 2. The molecule has 0 radical (unpaired) electrons. The highest BCUT2D eigenvalue weighted by atomic mass is 32.1. The number of rotatable bonds is 2. The van der Waals surface area contributed by atoms with Crippen LogP contribution in [0.1, 0.15) is 15.9 Å². The number of carbonyl (C=O) groups is 1. The van der Waals surface area contributed by atoms with Gasteiger partial charge in [-0.1, -0.05) is 11.6 Å². The Hall–Kier alpha value is -1.88. The molecule has 0 aliphatic heterocycles. The number of aryl methyl sites for hydroxylation is 1. The zero-order valence-electron chi connectivity index (χ0n) is 8.60. The van der Waals surface area contributed by atoms with E-state index in [1.807, 2.05) is 6.92 Å². The van der Waals surface area contributed by atoms with Crippen LogP contribution >= 0.6 is 11.3 Å². The van der Waals surface area contributed by atoms with Crippen molar-refractivity contribution >= 4 is 22.4 Å². The molecule has 1 aromatic heterocycles. The fourth-order valence-electron chi connectivity index (χ4n) is 1.28. The summed E-state index contributed by atoms with van der Waals surface area (Å²) < 4.78 is 0. The van der Waals surface area contributed by atoms with E-state index in [4.69, 9.17) is 0 Å². The maximum Gasteiger partial charge on any atom is 0.261 e. The molecule has 2 rings (SSSR count). The molecular weight excluding hydrogens is 224 g/mol. The summed E-state index contributed by atoms with van der Waals surface area (Å²) in [5.41, 5.74) is 1.18. The zero-order chi connectivity index (χ0) is 11.5. The number of phenolic OH excluding ortho intramolecular Hbond substituents is 1. The van der Waals surface area contributed by atoms with Crippen LogP contribution in [0.3, 0.4) is 0 Å². The van der Waals surface area contributed by atoms with Crippen molar-refractivity contribution in [2.45, 2.75) is 6.92 Å². The first-order chi connectivity index (χ1) is 7.66. The predicted molar refractivity (Wildman–Crippen MR) is 62.9 cm³/mol. The first-order valence-electron chi connectivity index (χ1n) is 4.67. The number of phenols is 1. The first-order valence-corrected chi connectivity index (χ1v) is 5.55. The van der Waals surface area contributed by atoms with Crippen LogP contribution in [-0.4, -0.2) is 16.0 Å². The van der Waals surface area contributed by atoms with Crippen molar-refractivity contribution in [1.29, 1.82) is 0 Å². The van der Waals surface area contributed by atoms with Crippen LogP contribution in [0, 0.1) is 6.92 Å². The molecule has 0 bridgehead atoms. The van der Waals surface area contributed by atoms with Gasteiger partial charge in [-0.3, -0.25) is 10.1 Å². The smallest absolute Gasteiger partial charge is 0.261 e. The summed E-state index contributed by atoms with van der Waals surface area (Å²) in [6, 6.07) is 4.89. The van der Waals surface area contributed by atoms with E-state index in [1.165, 1.54) is 17.4 Å². The van der Waals surface area contributed by atoms with Gasteiger partial charge in [0.2, 0.25) is 0 Å². The summed E-state index contributed by atoms with van der Waals surface area (Å²) in [4.78, 5) is 15.7. The molecule has 1 heterocycles. The number of anilines is 1. The Morgan fingerprint density at radius 2 is 2.31 bits per heavy atom. The van der Waals surface area contributed by atoms with Crippen molar-refractivity contribution in [3.8, 4) is 5.75 Å². The lowest BCUT2D eigenvalue weighted by Crippen LogP contribution is -2.11. The molecule has 1 amide bonds. The maximum absolute atomic E-state index is 11.8. The Bertz CT molecular complexity index is 509. The molecule has 0 saturated carbocycles. The molecule has 1 aromatic carbocycles. The van der Waals surface area contributed by atoms with Crippen molar-refractivity contribution < 1.29 is 9.90 Å². The number of amides is 1. The van der Waals surface area contributed by atoms with E-state index < -0.39 is 0 Å². The van der Waals surface area contributed by atoms with Crippen molar-refractivity contribution in [2.24, 2.45) is 0 Å². The van der Waals surface area contributed by atoms with Crippen LogP contribution < -0.4 is 5.32 Å². The van der Waals surface area contributed by atoms with Crippen LogP contribution in [0.2, 0.25) is 0 Å². The second-order valence-corrected chi connectivity index (χ2v) is 4.21. The fraction of sp³-hybridized carbons (Fsp3) is 0.0909. The molecule has 0 fully saturated rings. The number of nitrogens with one attached hydrogen (secondary N) is 1. The van der Waals surface area contributed by atoms with Gasteiger partial charge in [0.25, 0.3) is 5.91 Å². The molecule has 16 heavy (non-hydrogen) atoms. The lowest BCUT2D eigenvalue weighted by Gasteiger charge is -2.05. The minimum absolute atomic E-state index is 0.0281. The van der Waals surface area contributed by atoms with Gasteiger partial charge in [0, 0.05) is 11.6 Å². The summed E-state index contributed by atoms with van der Waals surface area (Å²) >= 11 is 1.33. The standard InChI is InChI=1S/C11H10N2O2S/c1-7-2-3-9(14)8(6-7)10(15)13-11-12-4-5-16-11/h2-6,14H,1H3,(H,12,13,15). The number of benzene rings is 1. The van der Waals surface area contributed by atoms with Gasteiger partial charge in [0.15, 0.2) is 5.13 Å². The minimum Gasteiger partial charge on any atom is -0.507 e. The quantitative estimate of drug-likeness (QED) is 0.838. The molecule has 5 heteroatoms. The molecule has 0 unspecified atom stereocenters. The average molecular weight is 234 g/mol. The number of hydrogen-bond acceptors (Lipinski definition) is 4. The third-order valence-corrected chi connectivity index (χ3v) is 2.74. The number of thiazole rings is 1. The lowest BCUT2D eigenvalue weighted by molar-refractivity contribution is 0.102. The summed E-state index contributed by atoms with van der Waals surface area (Å²) in [6.45, 7) is 1.86. The van der Waals surface area contributed by atoms with Gasteiger partial charge in [-0.15, -0.1) is 11.3 Å². The Morgan fingerprint density at radius 3 is 3.00 bits per heavy atom. The van der Waals surface area contributed by atoms with Crippen LogP contribution in [0.5, 0.6) is 5.75 Å². The Balaban J connectivity index is 2.24. The summed E-state index contributed by atoms with van der Waals surface area (Å²) in [6.07, 6.45) is 1.61. The van der Waals surface area contributed by atoms with Gasteiger partial charge in [-0.25, -0.2) is 4.98 Å². The van der Waals surface area contributed by atoms with Gasteiger partial charge in [-0.05, 0) is 19.1 Å². The highest BCUT2D eigenvalue weighted by Crippen LogP contribution is 2.20. The normalized spacial score (nSPS) is 10.1. The number of nitrogens with zero attached hydrogens (tertiary/aromatic N) is 1. The van der Waals surface area contributed by atoms with Crippen molar-refractivity contribution in [3.63, 3.8) is 0 Å². The van der Waals surface area contributed by atoms with E-state index in [-0.39, 0.29) is 17.2 Å². The average Bonchev–Trinajstić information content (AvgIpc) is 2.74. The van der Waals surface area contributed by atoms with Crippen molar-refractivity contribution in [1.82, 2.24) is 4.98 Å². The molecule has 2 aromatic rings. The third-order valence-electron chi connectivity index (χ3n) is 2.05. The Labute approximate surface area is 96.6 Å². The Kier molecular flexibility index (Phi) is 2.87. The molecule has 0 aliphatic rings. The second kappa shape index (κ2) is 4.32. The molecule has 0 atom stereocenters. The lowest BCUT2D eigenvalue weighted by atomic mass is 10.1. The van der Waals surface area contributed by atoms with E-state index in [1.54, 1.807) is 23.7 Å². The molecule has 4 nitrogen and oxygen atoms in total. The predicted octanol–water partition coefficient (Wildman–Crippen LogP) is 2.41. The van der Waals surface area contributed by atoms with E-state index in [0.29, 0.717) is 5.13 Å². The third kappa shape index (κ3) is 2.20. The zero-order valence-corrected chi connectivity index (χ0v) is 9.41. The first kappa shape index (κ1) is 10.6. The molecule has 0 aliphatic carbocycles. The van der Waals surface area contributed by atoms with Crippen molar-refractivity contribution in [3.05, 3.63) is 40.9 Å². The van der Waals surface area contributed by atoms with Gasteiger partial charge >= 0.3 is 0 Å². The summed E-state index contributed by atoms with van der Waals surface area (Å²) in [7, 11) is 0. The van der Waals surface area contributed by atoms with E-state index in [2.05, 4.69) is 10.3 Å². The van der Waals surface area contributed by atoms with Crippen molar-refractivity contribution in [2.75, 3.05) is 5.32 Å². The second-order valence-electron chi connectivity index (χ2n) is 3.31.